The van der Waals surface area contributed by atoms with Crippen LogP contribution in [0, 0.1) is 19.8 Å². The molecular formula is C17H28N2. The topological polar surface area (TPSA) is 15.3 Å². The molecule has 0 bridgehead atoms. The van der Waals surface area contributed by atoms with Crippen molar-refractivity contribution in [1.82, 2.24) is 5.32 Å². The first-order chi connectivity index (χ1) is 9.16. The van der Waals surface area contributed by atoms with Crippen molar-refractivity contribution in [2.24, 2.45) is 5.92 Å². The zero-order valence-electron chi connectivity index (χ0n) is 12.7. The maximum absolute atomic E-state index is 3.62. The maximum Gasteiger partial charge on any atom is 0.0393 e. The number of likely N-dealkylation sites (N-methyl/N-ethyl adjacent to an activating group) is 1. The summed E-state index contributed by atoms with van der Waals surface area (Å²) in [5.41, 5.74) is 4.07. The summed E-state index contributed by atoms with van der Waals surface area (Å²) in [7, 11) is 2.19. The highest BCUT2D eigenvalue weighted by atomic mass is 15.1. The standard InChI is InChI=1S/C17H28N2/c1-14-8-9-17(15(2)12-14)19(3)11-10-18-13-16-6-4-5-7-16/h8-9,12,16,18H,4-7,10-11,13H2,1-3H3. The predicted molar refractivity (Wildman–Crippen MR) is 84.0 cm³/mol. The Balaban J connectivity index is 1.72. The molecular weight excluding hydrogens is 232 g/mol. The van der Waals surface area contributed by atoms with Crippen molar-refractivity contribution in [3.8, 4) is 0 Å². The number of hydrogen-bond donors (Lipinski definition) is 1. The molecule has 106 valence electrons. The Labute approximate surface area is 118 Å². The molecule has 1 aliphatic rings. The first-order valence-corrected chi connectivity index (χ1v) is 7.66. The first kappa shape index (κ1) is 14.4. The number of rotatable bonds is 6. The van der Waals surface area contributed by atoms with Crippen LogP contribution >= 0.6 is 0 Å². The third-order valence-electron chi connectivity index (χ3n) is 4.30. The molecule has 0 saturated heterocycles. The molecule has 2 heteroatoms. The van der Waals surface area contributed by atoms with E-state index in [1.165, 1.54) is 49.0 Å². The number of nitrogens with one attached hydrogen (secondary N) is 1. The molecule has 1 aromatic carbocycles. The van der Waals surface area contributed by atoms with E-state index in [-0.39, 0.29) is 0 Å². The molecule has 1 aliphatic carbocycles. The van der Waals surface area contributed by atoms with Gasteiger partial charge in [-0.1, -0.05) is 30.5 Å². The highest BCUT2D eigenvalue weighted by molar-refractivity contribution is 5.53. The van der Waals surface area contributed by atoms with Crippen LogP contribution < -0.4 is 10.2 Å². The SMILES string of the molecule is Cc1ccc(N(C)CCNCC2CCCC2)c(C)c1. The molecule has 2 nitrogen and oxygen atoms in total. The second-order valence-corrected chi connectivity index (χ2v) is 6.07. The summed E-state index contributed by atoms with van der Waals surface area (Å²) >= 11 is 0. The fourth-order valence-corrected chi connectivity index (χ4v) is 3.12. The Morgan fingerprint density at radius 2 is 1.95 bits per heavy atom. The van der Waals surface area contributed by atoms with Crippen molar-refractivity contribution in [3.05, 3.63) is 29.3 Å². The molecule has 2 rings (SSSR count). The second-order valence-electron chi connectivity index (χ2n) is 6.07. The number of hydrogen-bond acceptors (Lipinski definition) is 2. The quantitative estimate of drug-likeness (QED) is 0.787. The van der Waals surface area contributed by atoms with Crippen molar-refractivity contribution in [2.75, 3.05) is 31.6 Å². The minimum absolute atomic E-state index is 0.936. The van der Waals surface area contributed by atoms with Crippen molar-refractivity contribution < 1.29 is 0 Å². The van der Waals surface area contributed by atoms with Gasteiger partial charge in [0.2, 0.25) is 0 Å². The highest BCUT2D eigenvalue weighted by Gasteiger charge is 2.14. The van der Waals surface area contributed by atoms with Crippen LogP contribution in [0.3, 0.4) is 0 Å². The van der Waals surface area contributed by atoms with Gasteiger partial charge in [0.25, 0.3) is 0 Å². The number of benzene rings is 1. The Morgan fingerprint density at radius 1 is 1.21 bits per heavy atom. The second kappa shape index (κ2) is 6.95. The summed E-state index contributed by atoms with van der Waals surface area (Å²) in [5.74, 6) is 0.936. The summed E-state index contributed by atoms with van der Waals surface area (Å²) in [6.45, 7) is 7.72. The molecule has 1 N–H and O–H groups in total. The van der Waals surface area contributed by atoms with E-state index in [0.717, 1.165) is 19.0 Å². The minimum Gasteiger partial charge on any atom is -0.373 e. The van der Waals surface area contributed by atoms with Crippen molar-refractivity contribution >= 4 is 5.69 Å². The van der Waals surface area contributed by atoms with Crippen LogP contribution in [0.25, 0.3) is 0 Å². The van der Waals surface area contributed by atoms with E-state index in [2.05, 4.69) is 49.3 Å². The van der Waals surface area contributed by atoms with Crippen LogP contribution in [0.4, 0.5) is 5.69 Å². The molecule has 0 aromatic heterocycles. The fourth-order valence-electron chi connectivity index (χ4n) is 3.12. The van der Waals surface area contributed by atoms with Gasteiger partial charge in [-0.05, 0) is 50.8 Å². The Morgan fingerprint density at radius 3 is 2.63 bits per heavy atom. The third kappa shape index (κ3) is 4.24. The van der Waals surface area contributed by atoms with Crippen LogP contribution in [-0.2, 0) is 0 Å². The maximum atomic E-state index is 3.62. The normalized spacial score (nSPS) is 15.9. The molecule has 0 aliphatic heterocycles. The average molecular weight is 260 g/mol. The van der Waals surface area contributed by atoms with E-state index in [0.29, 0.717) is 0 Å². The summed E-state index contributed by atoms with van der Waals surface area (Å²) in [4.78, 5) is 2.36. The fraction of sp³-hybridized carbons (Fsp3) is 0.647. The third-order valence-corrected chi connectivity index (χ3v) is 4.30. The summed E-state index contributed by atoms with van der Waals surface area (Å²) in [6, 6.07) is 6.70. The Kier molecular flexibility index (Phi) is 5.26. The molecule has 19 heavy (non-hydrogen) atoms. The lowest BCUT2D eigenvalue weighted by Crippen LogP contribution is -2.31. The Bertz CT molecular complexity index is 394. The molecule has 0 unspecified atom stereocenters. The molecule has 1 saturated carbocycles. The minimum atomic E-state index is 0.936. The number of nitrogens with zero attached hydrogens (tertiary/aromatic N) is 1. The first-order valence-electron chi connectivity index (χ1n) is 7.66. The monoisotopic (exact) mass is 260 g/mol. The smallest absolute Gasteiger partial charge is 0.0393 e. The number of aryl methyl sites for hydroxylation is 2. The van der Waals surface area contributed by atoms with Gasteiger partial charge in [-0.2, -0.15) is 0 Å². The van der Waals surface area contributed by atoms with Gasteiger partial charge < -0.3 is 10.2 Å². The molecule has 1 fully saturated rings. The zero-order chi connectivity index (χ0) is 13.7. The lowest BCUT2D eigenvalue weighted by atomic mass is 10.1. The van der Waals surface area contributed by atoms with Gasteiger partial charge in [0, 0.05) is 25.8 Å². The van der Waals surface area contributed by atoms with Crippen molar-refractivity contribution in [3.63, 3.8) is 0 Å². The predicted octanol–water partition coefficient (Wildman–Crippen LogP) is 3.52. The largest absolute Gasteiger partial charge is 0.373 e. The van der Waals surface area contributed by atoms with E-state index >= 15 is 0 Å². The van der Waals surface area contributed by atoms with E-state index in [9.17, 15) is 0 Å². The highest BCUT2D eigenvalue weighted by Crippen LogP contribution is 2.23. The van der Waals surface area contributed by atoms with Crippen LogP contribution in [0.1, 0.15) is 36.8 Å². The van der Waals surface area contributed by atoms with Crippen LogP contribution in [0.15, 0.2) is 18.2 Å². The van der Waals surface area contributed by atoms with Gasteiger partial charge in [-0.15, -0.1) is 0 Å². The van der Waals surface area contributed by atoms with Gasteiger partial charge in [0.15, 0.2) is 0 Å². The van der Waals surface area contributed by atoms with Crippen LogP contribution in [0.5, 0.6) is 0 Å². The zero-order valence-corrected chi connectivity index (χ0v) is 12.7. The van der Waals surface area contributed by atoms with E-state index < -0.39 is 0 Å². The lowest BCUT2D eigenvalue weighted by molar-refractivity contribution is 0.492. The lowest BCUT2D eigenvalue weighted by Gasteiger charge is -2.22. The van der Waals surface area contributed by atoms with Gasteiger partial charge in [-0.25, -0.2) is 0 Å². The summed E-state index contributed by atoms with van der Waals surface area (Å²) < 4.78 is 0. The van der Waals surface area contributed by atoms with Gasteiger partial charge >= 0.3 is 0 Å². The van der Waals surface area contributed by atoms with Crippen molar-refractivity contribution in [2.45, 2.75) is 39.5 Å². The van der Waals surface area contributed by atoms with Crippen LogP contribution in [0.2, 0.25) is 0 Å². The number of anilines is 1. The summed E-state index contributed by atoms with van der Waals surface area (Å²) in [6.07, 6.45) is 5.74. The molecule has 0 amide bonds. The Hall–Kier alpha value is -1.02. The molecule has 0 spiro atoms. The van der Waals surface area contributed by atoms with Crippen LogP contribution in [-0.4, -0.2) is 26.7 Å². The van der Waals surface area contributed by atoms with E-state index in [1.54, 1.807) is 0 Å². The summed E-state index contributed by atoms with van der Waals surface area (Å²) in [5, 5.41) is 3.62. The molecule has 0 atom stereocenters. The van der Waals surface area contributed by atoms with Gasteiger partial charge in [0.05, 0.1) is 0 Å². The van der Waals surface area contributed by atoms with Gasteiger partial charge in [-0.3, -0.25) is 0 Å². The van der Waals surface area contributed by atoms with E-state index in [4.69, 9.17) is 0 Å². The molecule has 0 heterocycles. The molecule has 1 aromatic rings. The van der Waals surface area contributed by atoms with Crippen molar-refractivity contribution in [1.29, 1.82) is 0 Å². The van der Waals surface area contributed by atoms with E-state index in [1.807, 2.05) is 0 Å². The average Bonchev–Trinajstić information content (AvgIpc) is 2.87. The molecule has 0 radical (unpaired) electrons. The van der Waals surface area contributed by atoms with Gasteiger partial charge in [0.1, 0.15) is 0 Å².